The third-order valence-corrected chi connectivity index (χ3v) is 13.3. The predicted molar refractivity (Wildman–Crippen MR) is 251 cm³/mol. The quantitative estimate of drug-likeness (QED) is 0.163. The zero-order chi connectivity index (χ0) is 41.2. The lowest BCUT2D eigenvalue weighted by Gasteiger charge is -2.30. The molecule has 0 saturated heterocycles. The van der Waals surface area contributed by atoms with Crippen LogP contribution in [0.5, 0.6) is 0 Å². The lowest BCUT2D eigenvalue weighted by Crippen LogP contribution is -2.16. The zero-order valence-corrected chi connectivity index (χ0v) is 37.2. The second kappa shape index (κ2) is 14.7. The SMILES string of the molecule is CC(C)(C)c1cc(-c2ccc(N(c3cccc(C4CCCCC4)c3)c3ccc4c(c3)C(C)(C)c3ccccc3-4)cc2)cc(-c2cc(C(C)(C)C)cc(C(C)(C)C)c2)c1. The smallest absolute Gasteiger partial charge is 0.0465 e. The molecule has 8 rings (SSSR count). The van der Waals surface area contributed by atoms with Crippen molar-refractivity contribution >= 4 is 17.1 Å². The Balaban J connectivity index is 1.24. The first-order chi connectivity index (χ1) is 27.4. The summed E-state index contributed by atoms with van der Waals surface area (Å²) in [4.78, 5) is 2.50. The van der Waals surface area contributed by atoms with Gasteiger partial charge >= 0.3 is 0 Å². The van der Waals surface area contributed by atoms with E-state index in [0.29, 0.717) is 5.92 Å². The van der Waals surface area contributed by atoms with E-state index < -0.39 is 0 Å². The number of fused-ring (bicyclic) bond motifs is 3. The van der Waals surface area contributed by atoms with Crippen molar-refractivity contribution in [2.75, 3.05) is 4.90 Å². The van der Waals surface area contributed by atoms with Gasteiger partial charge in [-0.05, 0) is 144 Å². The molecule has 1 fully saturated rings. The summed E-state index contributed by atoms with van der Waals surface area (Å²) in [6.07, 6.45) is 6.61. The summed E-state index contributed by atoms with van der Waals surface area (Å²) in [7, 11) is 0. The van der Waals surface area contributed by atoms with Crippen molar-refractivity contribution in [3.8, 4) is 33.4 Å². The van der Waals surface area contributed by atoms with Gasteiger partial charge < -0.3 is 4.90 Å². The Hall–Kier alpha value is -4.88. The Morgan fingerprint density at radius 3 is 1.57 bits per heavy atom. The molecule has 0 unspecified atom stereocenters. The van der Waals surface area contributed by atoms with E-state index in [2.05, 4.69) is 208 Å². The lowest BCUT2D eigenvalue weighted by atomic mass is 9.78. The van der Waals surface area contributed by atoms with Gasteiger partial charge in [0.05, 0.1) is 0 Å². The first kappa shape index (κ1) is 39.9. The number of anilines is 3. The molecule has 2 aliphatic carbocycles. The molecule has 1 saturated carbocycles. The maximum Gasteiger partial charge on any atom is 0.0465 e. The summed E-state index contributed by atoms with van der Waals surface area (Å²) in [5.74, 6) is 0.638. The molecule has 0 atom stereocenters. The Morgan fingerprint density at radius 2 is 0.948 bits per heavy atom. The molecule has 0 bridgehead atoms. The Bertz CT molecular complexity index is 2420. The molecule has 0 heterocycles. The maximum atomic E-state index is 2.50. The van der Waals surface area contributed by atoms with E-state index in [4.69, 9.17) is 0 Å². The summed E-state index contributed by atoms with van der Waals surface area (Å²) in [6.45, 7) is 25.7. The summed E-state index contributed by atoms with van der Waals surface area (Å²) in [5.41, 5.74) is 19.8. The van der Waals surface area contributed by atoms with Crippen LogP contribution in [0.1, 0.15) is 148 Å². The number of rotatable bonds is 6. The average Bonchev–Trinajstić information content (AvgIpc) is 3.43. The van der Waals surface area contributed by atoms with Crippen molar-refractivity contribution in [2.45, 2.75) is 136 Å². The lowest BCUT2D eigenvalue weighted by molar-refractivity contribution is 0.443. The molecule has 0 spiro atoms. The van der Waals surface area contributed by atoms with Crippen molar-refractivity contribution < 1.29 is 0 Å². The summed E-state index contributed by atoms with van der Waals surface area (Å²) >= 11 is 0. The van der Waals surface area contributed by atoms with E-state index >= 15 is 0 Å². The van der Waals surface area contributed by atoms with Crippen molar-refractivity contribution in [3.05, 3.63) is 161 Å². The van der Waals surface area contributed by atoms with Gasteiger partial charge in [0, 0.05) is 22.5 Å². The van der Waals surface area contributed by atoms with Gasteiger partial charge in [0.2, 0.25) is 0 Å². The molecule has 1 heteroatoms. The highest BCUT2D eigenvalue weighted by Crippen LogP contribution is 2.51. The first-order valence-corrected chi connectivity index (χ1v) is 21.9. The third kappa shape index (κ3) is 7.70. The fourth-order valence-corrected chi connectivity index (χ4v) is 9.49. The topological polar surface area (TPSA) is 3.24 Å². The normalized spacial score (nSPS) is 15.6. The molecule has 58 heavy (non-hydrogen) atoms. The largest absolute Gasteiger partial charge is 0.310 e. The molecule has 0 radical (unpaired) electrons. The molecule has 0 amide bonds. The van der Waals surface area contributed by atoms with Crippen LogP contribution >= 0.6 is 0 Å². The van der Waals surface area contributed by atoms with E-state index in [1.165, 1.54) is 116 Å². The van der Waals surface area contributed by atoms with Crippen LogP contribution < -0.4 is 4.90 Å². The Kier molecular flexibility index (Phi) is 10.1. The van der Waals surface area contributed by atoms with Gasteiger partial charge in [0.15, 0.2) is 0 Å². The highest BCUT2D eigenvalue weighted by Gasteiger charge is 2.36. The number of benzene rings is 6. The van der Waals surface area contributed by atoms with Gasteiger partial charge in [-0.1, -0.05) is 180 Å². The van der Waals surface area contributed by atoms with Gasteiger partial charge in [-0.25, -0.2) is 0 Å². The van der Waals surface area contributed by atoms with Crippen LogP contribution in [0.15, 0.2) is 127 Å². The van der Waals surface area contributed by atoms with Crippen LogP contribution in [0.2, 0.25) is 0 Å². The fraction of sp³-hybridized carbons (Fsp3) is 0.368. The molecule has 0 aromatic heterocycles. The highest BCUT2D eigenvalue weighted by atomic mass is 15.1. The van der Waals surface area contributed by atoms with Crippen LogP contribution in [0.4, 0.5) is 17.1 Å². The van der Waals surface area contributed by atoms with E-state index in [9.17, 15) is 0 Å². The van der Waals surface area contributed by atoms with Gasteiger partial charge in [-0.2, -0.15) is 0 Å². The van der Waals surface area contributed by atoms with Crippen molar-refractivity contribution in [2.24, 2.45) is 0 Å². The first-order valence-electron chi connectivity index (χ1n) is 21.9. The standard InChI is InChI=1S/C57H65N/c1-54(2,3)44-31-41(30-42(32-44)43-33-45(55(4,5)6)36-46(34-43)56(7,8)9)39-24-26-47(27-25-39)58(48-21-17-20-40(35-48)38-18-13-12-14-19-38)49-28-29-51-50-22-15-16-23-52(50)57(10,11)53(51)37-49/h15-17,20-38H,12-14,18-19H2,1-11H3. The van der Waals surface area contributed by atoms with Gasteiger partial charge in [0.1, 0.15) is 0 Å². The Morgan fingerprint density at radius 1 is 0.431 bits per heavy atom. The summed E-state index contributed by atoms with van der Waals surface area (Å²) in [6, 6.07) is 49.5. The minimum absolute atomic E-state index is 0.000346. The fourth-order valence-electron chi connectivity index (χ4n) is 9.49. The van der Waals surface area contributed by atoms with Crippen molar-refractivity contribution in [1.82, 2.24) is 0 Å². The molecular formula is C57H65N. The summed E-state index contributed by atoms with van der Waals surface area (Å²) < 4.78 is 0. The summed E-state index contributed by atoms with van der Waals surface area (Å²) in [5, 5.41) is 0. The molecule has 0 aliphatic heterocycles. The van der Waals surface area contributed by atoms with E-state index in [1.54, 1.807) is 0 Å². The monoisotopic (exact) mass is 764 g/mol. The molecule has 1 nitrogen and oxygen atoms in total. The highest BCUT2D eigenvalue weighted by molar-refractivity contribution is 5.86. The number of hydrogen-bond donors (Lipinski definition) is 0. The van der Waals surface area contributed by atoms with Crippen LogP contribution in [0.3, 0.4) is 0 Å². The zero-order valence-electron chi connectivity index (χ0n) is 37.2. The minimum atomic E-state index is -0.0722. The molecule has 298 valence electrons. The van der Waals surface area contributed by atoms with Crippen molar-refractivity contribution in [1.29, 1.82) is 0 Å². The average molecular weight is 764 g/mol. The number of nitrogens with zero attached hydrogens (tertiary/aromatic N) is 1. The van der Waals surface area contributed by atoms with Crippen LogP contribution in [-0.4, -0.2) is 0 Å². The number of hydrogen-bond acceptors (Lipinski definition) is 1. The molecule has 6 aromatic carbocycles. The van der Waals surface area contributed by atoms with Crippen molar-refractivity contribution in [3.63, 3.8) is 0 Å². The maximum absolute atomic E-state index is 2.50. The van der Waals surface area contributed by atoms with E-state index in [0.717, 1.165) is 0 Å². The van der Waals surface area contributed by atoms with Gasteiger partial charge in [-0.3, -0.25) is 0 Å². The van der Waals surface area contributed by atoms with Crippen LogP contribution in [0, 0.1) is 0 Å². The molecule has 6 aromatic rings. The van der Waals surface area contributed by atoms with E-state index in [-0.39, 0.29) is 21.7 Å². The Labute approximate surface area is 350 Å². The minimum Gasteiger partial charge on any atom is -0.310 e. The van der Waals surface area contributed by atoms with E-state index in [1.807, 2.05) is 0 Å². The molecular weight excluding hydrogens is 699 g/mol. The molecule has 0 N–H and O–H groups in total. The third-order valence-electron chi connectivity index (χ3n) is 13.3. The predicted octanol–water partition coefficient (Wildman–Crippen LogP) is 16.7. The second-order valence-electron chi connectivity index (χ2n) is 21.1. The van der Waals surface area contributed by atoms with Crippen LogP contribution in [0.25, 0.3) is 33.4 Å². The van der Waals surface area contributed by atoms with Gasteiger partial charge in [-0.15, -0.1) is 0 Å². The second-order valence-corrected chi connectivity index (χ2v) is 21.1. The van der Waals surface area contributed by atoms with Gasteiger partial charge in [0.25, 0.3) is 0 Å². The van der Waals surface area contributed by atoms with Crippen LogP contribution in [-0.2, 0) is 21.7 Å². The molecule has 2 aliphatic rings.